The Morgan fingerprint density at radius 3 is 2.58 bits per heavy atom. The van der Waals surface area contributed by atoms with Crippen molar-refractivity contribution in [3.05, 3.63) is 77.9 Å². The molecule has 2 aliphatic heterocycles. The van der Waals surface area contributed by atoms with Gasteiger partial charge in [-0.2, -0.15) is 0 Å². The van der Waals surface area contributed by atoms with Crippen LogP contribution < -0.4 is 9.04 Å². The zero-order valence-electron chi connectivity index (χ0n) is 19.6. The van der Waals surface area contributed by atoms with Crippen LogP contribution in [0.15, 0.2) is 65.6 Å². The Hall–Kier alpha value is -3.30. The summed E-state index contributed by atoms with van der Waals surface area (Å²) in [6, 6.07) is 14.3. The highest BCUT2D eigenvalue weighted by Gasteiger charge is 2.36. The van der Waals surface area contributed by atoms with Gasteiger partial charge in [0.05, 0.1) is 36.3 Å². The predicted octanol–water partition coefficient (Wildman–Crippen LogP) is 4.89. The van der Waals surface area contributed by atoms with Crippen molar-refractivity contribution in [2.24, 2.45) is 5.92 Å². The Morgan fingerprint density at radius 2 is 1.86 bits per heavy atom. The van der Waals surface area contributed by atoms with Crippen molar-refractivity contribution in [2.75, 3.05) is 24.1 Å². The zero-order chi connectivity index (χ0) is 25.4. The molecule has 188 valence electrons. The number of anilines is 1. The third-order valence-corrected chi connectivity index (χ3v) is 8.29. The lowest BCUT2D eigenvalue weighted by atomic mass is 9.97. The summed E-state index contributed by atoms with van der Waals surface area (Å²) >= 11 is 0. The number of sulfonamides is 1. The Kier molecular flexibility index (Phi) is 6.53. The SMILES string of the molecule is Cc1cccc(S(=O)(=O)N2C[C@H](CCC(=O)C3COC3)Oc3ccc(-c4cc(F)ccc4F)cc32)c1. The molecule has 0 radical (unpaired) electrons. The van der Waals surface area contributed by atoms with Gasteiger partial charge in [0.2, 0.25) is 0 Å². The maximum atomic E-state index is 14.5. The molecule has 0 spiro atoms. The van der Waals surface area contributed by atoms with Crippen molar-refractivity contribution in [1.29, 1.82) is 0 Å². The molecule has 0 amide bonds. The summed E-state index contributed by atoms with van der Waals surface area (Å²) in [4.78, 5) is 12.5. The number of carbonyl (C=O) groups is 1. The molecule has 2 aliphatic rings. The molecule has 1 saturated heterocycles. The number of ether oxygens (including phenoxy) is 2. The van der Waals surface area contributed by atoms with Crippen LogP contribution in [0.5, 0.6) is 5.75 Å². The van der Waals surface area contributed by atoms with E-state index in [0.29, 0.717) is 30.9 Å². The lowest BCUT2D eigenvalue weighted by molar-refractivity contribution is -0.137. The molecular weight excluding hydrogens is 488 g/mol. The van der Waals surface area contributed by atoms with Gasteiger partial charge >= 0.3 is 0 Å². The van der Waals surface area contributed by atoms with E-state index >= 15 is 0 Å². The van der Waals surface area contributed by atoms with Crippen LogP contribution >= 0.6 is 0 Å². The van der Waals surface area contributed by atoms with Gasteiger partial charge in [-0.3, -0.25) is 9.10 Å². The highest BCUT2D eigenvalue weighted by molar-refractivity contribution is 7.92. The number of hydrogen-bond acceptors (Lipinski definition) is 5. The van der Waals surface area contributed by atoms with Gasteiger partial charge in [0, 0.05) is 12.0 Å². The van der Waals surface area contributed by atoms with Crippen LogP contribution in [0.3, 0.4) is 0 Å². The molecule has 5 rings (SSSR count). The Labute approximate surface area is 208 Å². The molecule has 0 bridgehead atoms. The van der Waals surface area contributed by atoms with Crippen molar-refractivity contribution in [1.82, 2.24) is 0 Å². The number of halogens is 2. The van der Waals surface area contributed by atoms with Crippen LogP contribution in [0.4, 0.5) is 14.5 Å². The van der Waals surface area contributed by atoms with Gasteiger partial charge in [-0.15, -0.1) is 0 Å². The van der Waals surface area contributed by atoms with E-state index in [0.717, 1.165) is 23.8 Å². The van der Waals surface area contributed by atoms with E-state index in [2.05, 4.69) is 0 Å². The van der Waals surface area contributed by atoms with Crippen molar-refractivity contribution in [3.8, 4) is 16.9 Å². The first kappa shape index (κ1) is 24.4. The summed E-state index contributed by atoms with van der Waals surface area (Å²) in [7, 11) is -4.02. The first-order valence-corrected chi connectivity index (χ1v) is 13.1. The number of ketones is 1. The van der Waals surface area contributed by atoms with Gasteiger partial charge < -0.3 is 9.47 Å². The molecule has 3 aromatic rings. The minimum absolute atomic E-state index is 0.0149. The van der Waals surface area contributed by atoms with Crippen molar-refractivity contribution in [3.63, 3.8) is 0 Å². The maximum Gasteiger partial charge on any atom is 0.264 e. The van der Waals surface area contributed by atoms with E-state index in [-0.39, 0.29) is 40.8 Å². The minimum Gasteiger partial charge on any atom is -0.486 e. The van der Waals surface area contributed by atoms with E-state index in [4.69, 9.17) is 9.47 Å². The zero-order valence-corrected chi connectivity index (χ0v) is 20.4. The van der Waals surface area contributed by atoms with E-state index in [9.17, 15) is 22.0 Å². The average Bonchev–Trinajstić information content (AvgIpc) is 2.82. The predicted molar refractivity (Wildman–Crippen MR) is 130 cm³/mol. The second-order valence-electron chi connectivity index (χ2n) is 9.14. The van der Waals surface area contributed by atoms with Crippen molar-refractivity contribution < 1.29 is 31.5 Å². The third-order valence-electron chi connectivity index (χ3n) is 6.51. The van der Waals surface area contributed by atoms with Crippen molar-refractivity contribution >= 4 is 21.5 Å². The summed E-state index contributed by atoms with van der Waals surface area (Å²) in [6.45, 7) is 2.61. The van der Waals surface area contributed by atoms with E-state index in [1.54, 1.807) is 37.3 Å². The van der Waals surface area contributed by atoms with Crippen LogP contribution in [-0.2, 0) is 19.6 Å². The molecule has 2 heterocycles. The first-order chi connectivity index (χ1) is 17.2. The van der Waals surface area contributed by atoms with Gasteiger partial charge in [0.15, 0.2) is 0 Å². The van der Waals surface area contributed by atoms with E-state index in [1.165, 1.54) is 16.4 Å². The smallest absolute Gasteiger partial charge is 0.264 e. The molecule has 3 aromatic carbocycles. The normalized spacial score (nSPS) is 17.8. The quantitative estimate of drug-likeness (QED) is 0.450. The molecule has 0 unspecified atom stereocenters. The molecule has 9 heteroatoms. The molecular formula is C27H25F2NO5S. The van der Waals surface area contributed by atoms with Crippen LogP contribution in [0.2, 0.25) is 0 Å². The van der Waals surface area contributed by atoms with Gasteiger partial charge in [0.25, 0.3) is 10.0 Å². The third kappa shape index (κ3) is 4.73. The summed E-state index contributed by atoms with van der Waals surface area (Å²) in [5.41, 5.74) is 1.34. The monoisotopic (exact) mass is 513 g/mol. The summed E-state index contributed by atoms with van der Waals surface area (Å²) in [6.07, 6.45) is 0.0344. The number of hydrogen-bond donors (Lipinski definition) is 0. The van der Waals surface area contributed by atoms with Gasteiger partial charge in [-0.1, -0.05) is 18.2 Å². The van der Waals surface area contributed by atoms with E-state index < -0.39 is 27.8 Å². The molecule has 0 aromatic heterocycles. The molecule has 1 fully saturated rings. The van der Waals surface area contributed by atoms with Gasteiger partial charge in [-0.25, -0.2) is 17.2 Å². The van der Waals surface area contributed by atoms with Gasteiger partial charge in [0.1, 0.15) is 29.3 Å². The number of rotatable bonds is 7. The fourth-order valence-electron chi connectivity index (χ4n) is 4.41. The standard InChI is InChI=1S/C27H25F2NO5S/c1-17-3-2-4-22(11-17)36(32,33)30-14-21(7-9-26(31)19-15-34-16-19)35-27-10-5-18(12-25(27)30)23-13-20(28)6-8-24(23)29/h2-6,8,10-13,19,21H,7,9,14-16H2,1H3/t21-/m0/s1. The Balaban J connectivity index is 1.53. The summed E-state index contributed by atoms with van der Waals surface area (Å²) in [5, 5.41) is 0. The van der Waals surface area contributed by atoms with Crippen LogP contribution in [0.1, 0.15) is 18.4 Å². The van der Waals surface area contributed by atoms with Crippen LogP contribution in [0, 0.1) is 24.5 Å². The lowest BCUT2D eigenvalue weighted by Crippen LogP contribution is -2.44. The topological polar surface area (TPSA) is 72.9 Å². The second-order valence-corrected chi connectivity index (χ2v) is 11.0. The van der Waals surface area contributed by atoms with Crippen molar-refractivity contribution in [2.45, 2.75) is 30.8 Å². The number of fused-ring (bicyclic) bond motifs is 1. The van der Waals surface area contributed by atoms with Crippen LogP contribution in [-0.4, -0.2) is 40.1 Å². The molecule has 6 nitrogen and oxygen atoms in total. The molecule has 0 N–H and O–H groups in total. The summed E-state index contributed by atoms with van der Waals surface area (Å²) in [5.74, 6) is -0.983. The highest BCUT2D eigenvalue weighted by Crippen LogP contribution is 2.41. The number of carbonyl (C=O) groups excluding carboxylic acids is 1. The second kappa shape index (κ2) is 9.63. The molecule has 1 atom stereocenters. The number of aryl methyl sites for hydroxylation is 1. The number of Topliss-reactive ketones (excluding diaryl/α,β-unsaturated/α-hetero) is 1. The Morgan fingerprint density at radius 1 is 1.06 bits per heavy atom. The number of benzene rings is 3. The molecule has 0 aliphatic carbocycles. The lowest BCUT2D eigenvalue weighted by Gasteiger charge is -2.36. The highest BCUT2D eigenvalue weighted by atomic mass is 32.2. The van der Waals surface area contributed by atoms with Gasteiger partial charge in [-0.05, 0) is 66.9 Å². The fourth-order valence-corrected chi connectivity index (χ4v) is 6.01. The van der Waals surface area contributed by atoms with Crippen LogP contribution in [0.25, 0.3) is 11.1 Å². The maximum absolute atomic E-state index is 14.5. The Bertz CT molecular complexity index is 1420. The largest absolute Gasteiger partial charge is 0.486 e. The minimum atomic E-state index is -4.02. The summed E-state index contributed by atoms with van der Waals surface area (Å²) < 4.78 is 68.3. The average molecular weight is 514 g/mol. The van der Waals surface area contributed by atoms with E-state index in [1.807, 2.05) is 0 Å². The molecule has 36 heavy (non-hydrogen) atoms. The molecule has 0 saturated carbocycles. The first-order valence-electron chi connectivity index (χ1n) is 11.7. The number of nitrogens with zero attached hydrogens (tertiary/aromatic N) is 1. The fraction of sp³-hybridized carbons (Fsp3) is 0.296.